The number of aliphatic hydroxyl groups is 3. The Morgan fingerprint density at radius 2 is 2.00 bits per heavy atom. The van der Waals surface area contributed by atoms with E-state index in [9.17, 15) is 10.2 Å². The molecule has 11 heavy (non-hydrogen) atoms. The second-order valence-corrected chi connectivity index (χ2v) is 2.93. The highest BCUT2D eigenvalue weighted by atomic mass is 16.5. The van der Waals surface area contributed by atoms with Crippen molar-refractivity contribution in [1.82, 2.24) is 0 Å². The molecule has 0 aromatic carbocycles. The molecule has 1 rings (SSSR count). The number of aliphatic hydroxyl groups excluding tert-OH is 3. The topological polar surface area (TPSA) is 69.9 Å². The molecule has 4 heteroatoms. The summed E-state index contributed by atoms with van der Waals surface area (Å²) in [5, 5.41) is 27.3. The zero-order chi connectivity index (χ0) is 8.43. The Bertz CT molecular complexity index is 110. The molecule has 0 heterocycles. The van der Waals surface area contributed by atoms with Crippen molar-refractivity contribution in [1.29, 1.82) is 0 Å². The van der Waals surface area contributed by atoms with E-state index in [0.29, 0.717) is 6.42 Å². The lowest BCUT2D eigenvalue weighted by Gasteiger charge is -2.14. The van der Waals surface area contributed by atoms with Crippen molar-refractivity contribution in [2.75, 3.05) is 13.7 Å². The molecule has 1 fully saturated rings. The zero-order valence-electron chi connectivity index (χ0n) is 6.47. The zero-order valence-corrected chi connectivity index (χ0v) is 6.47. The van der Waals surface area contributed by atoms with Gasteiger partial charge in [0, 0.05) is 19.6 Å². The van der Waals surface area contributed by atoms with Gasteiger partial charge in [0.05, 0.1) is 12.2 Å². The molecule has 1 aliphatic rings. The summed E-state index contributed by atoms with van der Waals surface area (Å²) in [5.41, 5.74) is 0. The minimum Gasteiger partial charge on any atom is -0.396 e. The highest BCUT2D eigenvalue weighted by molar-refractivity contribution is 4.91. The van der Waals surface area contributed by atoms with Crippen LogP contribution in [-0.2, 0) is 4.74 Å². The smallest absolute Gasteiger partial charge is 0.106 e. The van der Waals surface area contributed by atoms with Crippen molar-refractivity contribution in [3.05, 3.63) is 0 Å². The van der Waals surface area contributed by atoms with Crippen molar-refractivity contribution >= 4 is 0 Å². The average molecular weight is 163 g/mol. The van der Waals surface area contributed by atoms with Gasteiger partial charge in [-0.25, -0.2) is 0 Å². The summed E-state index contributed by atoms with van der Waals surface area (Å²) in [6.45, 7) is -0.0991. The van der Waals surface area contributed by atoms with E-state index in [2.05, 4.69) is 0 Å². The average Bonchev–Trinajstić information content (AvgIpc) is 2.30. The van der Waals surface area contributed by atoms with Crippen molar-refractivity contribution in [3.63, 3.8) is 0 Å². The van der Waals surface area contributed by atoms with Crippen molar-refractivity contribution in [2.45, 2.75) is 24.7 Å². The summed E-state index contributed by atoms with van der Waals surface area (Å²) in [5.74, 6) is -0.241. The SMILES string of the molecule is [13CH3]O[C@H]1C[C@H](CO)[C@@H](O)[C@@H]1O. The van der Waals surface area contributed by atoms with Gasteiger partial charge in [0.1, 0.15) is 6.10 Å². The maximum atomic E-state index is 9.27. The van der Waals surface area contributed by atoms with Crippen molar-refractivity contribution in [3.8, 4) is 0 Å². The lowest BCUT2D eigenvalue weighted by atomic mass is 10.1. The molecule has 4 nitrogen and oxygen atoms in total. The molecule has 1 aliphatic carbocycles. The third kappa shape index (κ3) is 1.54. The maximum Gasteiger partial charge on any atom is 0.106 e. The van der Waals surface area contributed by atoms with Gasteiger partial charge in [-0.2, -0.15) is 0 Å². The largest absolute Gasteiger partial charge is 0.396 e. The molecular weight excluding hydrogens is 149 g/mol. The van der Waals surface area contributed by atoms with Gasteiger partial charge in [0.25, 0.3) is 0 Å². The number of ether oxygens (including phenoxy) is 1. The first-order valence-corrected chi connectivity index (χ1v) is 3.70. The molecule has 3 N–H and O–H groups in total. The molecule has 0 aliphatic heterocycles. The first-order chi connectivity index (χ1) is 5.20. The van der Waals surface area contributed by atoms with Crippen LogP contribution in [0.5, 0.6) is 0 Å². The molecule has 0 amide bonds. The summed E-state index contributed by atoms with van der Waals surface area (Å²) in [7, 11) is 1.49. The van der Waals surface area contributed by atoms with Gasteiger partial charge in [-0.15, -0.1) is 0 Å². The van der Waals surface area contributed by atoms with Crippen LogP contribution >= 0.6 is 0 Å². The molecule has 0 aromatic rings. The Labute approximate surface area is 65.4 Å². The number of hydrogen-bond acceptors (Lipinski definition) is 4. The van der Waals surface area contributed by atoms with Gasteiger partial charge in [-0.05, 0) is 6.42 Å². The third-order valence-corrected chi connectivity index (χ3v) is 2.29. The second-order valence-electron chi connectivity index (χ2n) is 2.93. The van der Waals surface area contributed by atoms with E-state index in [-0.39, 0.29) is 18.6 Å². The molecule has 0 aromatic heterocycles. The van der Waals surface area contributed by atoms with E-state index in [1.54, 1.807) is 0 Å². The van der Waals surface area contributed by atoms with Gasteiger partial charge in [0.15, 0.2) is 0 Å². The second kappa shape index (κ2) is 3.49. The van der Waals surface area contributed by atoms with Crippen LogP contribution in [0.25, 0.3) is 0 Å². The predicted octanol–water partition coefficient (Wildman–Crippen LogP) is -1.26. The summed E-state index contributed by atoms with van der Waals surface area (Å²) in [6, 6.07) is 0. The van der Waals surface area contributed by atoms with Crippen LogP contribution in [0.2, 0.25) is 0 Å². The molecule has 1 saturated carbocycles. The lowest BCUT2D eigenvalue weighted by molar-refractivity contribution is -0.0440. The first kappa shape index (κ1) is 8.93. The number of rotatable bonds is 2. The molecule has 0 radical (unpaired) electrons. The van der Waals surface area contributed by atoms with Crippen molar-refractivity contribution in [2.24, 2.45) is 5.92 Å². The van der Waals surface area contributed by atoms with Gasteiger partial charge in [0.2, 0.25) is 0 Å². The van der Waals surface area contributed by atoms with Crippen LogP contribution in [0.15, 0.2) is 0 Å². The lowest BCUT2D eigenvalue weighted by Crippen LogP contribution is -2.32. The standard InChI is InChI=1S/C7H14O4/c1-11-5-2-4(3-8)6(9)7(5)10/h4-10H,2-3H2,1H3/t4-,5+,6-,7-/m1/s1/i1+1. The Hall–Kier alpha value is -0.160. The maximum absolute atomic E-state index is 9.27. The van der Waals surface area contributed by atoms with Gasteiger partial charge in [-0.1, -0.05) is 0 Å². The summed E-state index contributed by atoms with van der Waals surface area (Å²) in [4.78, 5) is 0. The molecule has 0 saturated heterocycles. The van der Waals surface area contributed by atoms with Gasteiger partial charge in [-0.3, -0.25) is 0 Å². The number of hydrogen-bond donors (Lipinski definition) is 3. The van der Waals surface area contributed by atoms with Crippen LogP contribution in [0.4, 0.5) is 0 Å². The fourth-order valence-electron chi connectivity index (χ4n) is 1.49. The van der Waals surface area contributed by atoms with E-state index in [0.717, 1.165) is 0 Å². The Morgan fingerprint density at radius 1 is 1.36 bits per heavy atom. The molecule has 0 spiro atoms. The molecular formula is C7H14O4. The van der Waals surface area contributed by atoms with Crippen LogP contribution in [0.1, 0.15) is 6.42 Å². The third-order valence-electron chi connectivity index (χ3n) is 2.29. The highest BCUT2D eigenvalue weighted by Crippen LogP contribution is 2.27. The van der Waals surface area contributed by atoms with E-state index >= 15 is 0 Å². The summed E-state index contributed by atoms with van der Waals surface area (Å²) >= 11 is 0. The molecule has 0 bridgehead atoms. The predicted molar refractivity (Wildman–Crippen MR) is 38.0 cm³/mol. The number of methoxy groups -OCH3 is 1. The normalized spacial score (nSPS) is 44.7. The van der Waals surface area contributed by atoms with Gasteiger partial charge >= 0.3 is 0 Å². The minimum atomic E-state index is -0.850. The van der Waals surface area contributed by atoms with Crippen LogP contribution in [-0.4, -0.2) is 47.3 Å². The molecule has 0 unspecified atom stereocenters. The van der Waals surface area contributed by atoms with Crippen LogP contribution in [0.3, 0.4) is 0 Å². The van der Waals surface area contributed by atoms with E-state index < -0.39 is 12.2 Å². The fourth-order valence-corrected chi connectivity index (χ4v) is 1.49. The van der Waals surface area contributed by atoms with Crippen LogP contribution < -0.4 is 0 Å². The van der Waals surface area contributed by atoms with Crippen molar-refractivity contribution < 1.29 is 20.1 Å². The fraction of sp³-hybridized carbons (Fsp3) is 1.00. The van der Waals surface area contributed by atoms with Gasteiger partial charge < -0.3 is 20.1 Å². The minimum absolute atomic E-state index is 0.0991. The molecule has 4 atom stereocenters. The summed E-state index contributed by atoms with van der Waals surface area (Å²) in [6.07, 6.45) is -1.50. The van der Waals surface area contributed by atoms with Crippen LogP contribution in [0, 0.1) is 5.92 Å². The van der Waals surface area contributed by atoms with E-state index in [1.807, 2.05) is 0 Å². The Kier molecular flexibility index (Phi) is 2.84. The summed E-state index contributed by atoms with van der Waals surface area (Å²) < 4.78 is 4.90. The monoisotopic (exact) mass is 163 g/mol. The van der Waals surface area contributed by atoms with E-state index in [4.69, 9.17) is 9.84 Å². The quantitative estimate of drug-likeness (QED) is 0.444. The Balaban J connectivity index is 2.53. The molecule has 66 valence electrons. The first-order valence-electron chi connectivity index (χ1n) is 3.70. The van der Waals surface area contributed by atoms with E-state index in [1.165, 1.54) is 7.11 Å². The Morgan fingerprint density at radius 3 is 2.27 bits per heavy atom. The highest BCUT2D eigenvalue weighted by Gasteiger charge is 2.40.